The number of carbonyl (C=O) groups is 2. The number of rotatable bonds is 9. The summed E-state index contributed by atoms with van der Waals surface area (Å²) in [5, 5.41) is 9.50. The molecule has 0 spiro atoms. The van der Waals surface area contributed by atoms with Crippen LogP contribution in [0.1, 0.15) is 40.2 Å². The second-order valence-corrected chi connectivity index (χ2v) is 15.5. The maximum atomic E-state index is 13.5. The number of nitrogens with one attached hydrogen (secondary N) is 3. The summed E-state index contributed by atoms with van der Waals surface area (Å²) in [4.78, 5) is 31.8. The minimum Gasteiger partial charge on any atom is -0.459 e. The summed E-state index contributed by atoms with van der Waals surface area (Å²) in [5.41, 5.74) is 0.858. The number of thioether (sulfide) groups is 1. The molecule has 0 bridgehead atoms. The average molecular weight is 619 g/mol. The van der Waals surface area contributed by atoms with Gasteiger partial charge in [0.25, 0.3) is 0 Å². The van der Waals surface area contributed by atoms with E-state index in [1.807, 2.05) is 58.9 Å². The molecular weight excluding hydrogens is 576 g/mol. The van der Waals surface area contributed by atoms with Crippen molar-refractivity contribution >= 4 is 39.5 Å². The Morgan fingerprint density at radius 3 is 2.48 bits per heavy atom. The van der Waals surface area contributed by atoms with Gasteiger partial charge in [0.15, 0.2) is 0 Å². The van der Waals surface area contributed by atoms with Gasteiger partial charge in [-0.15, -0.1) is 11.8 Å². The van der Waals surface area contributed by atoms with Crippen LogP contribution in [-0.2, 0) is 26.0 Å². The number of hydrogen-bond donors (Lipinski definition) is 3. The summed E-state index contributed by atoms with van der Waals surface area (Å²) in [6.07, 6.45) is 3.23. The lowest BCUT2D eigenvalue weighted by Gasteiger charge is -2.33. The first kappa shape index (κ1) is 32.2. The number of amides is 2. The van der Waals surface area contributed by atoms with Gasteiger partial charge in [-0.3, -0.25) is 9.78 Å². The Bertz CT molecular complexity index is 1330. The van der Waals surface area contributed by atoms with Crippen molar-refractivity contribution in [2.75, 3.05) is 43.9 Å². The zero-order chi connectivity index (χ0) is 30.5. The number of ether oxygens (including phenoxy) is 1. The number of nitrogens with zero attached hydrogens (tertiary/aromatic N) is 3. The predicted octanol–water partition coefficient (Wildman–Crippen LogP) is 2.90. The predicted molar refractivity (Wildman–Crippen MR) is 165 cm³/mol. The number of aromatic nitrogens is 1. The van der Waals surface area contributed by atoms with Crippen LogP contribution in [0.5, 0.6) is 0 Å². The van der Waals surface area contributed by atoms with Crippen molar-refractivity contribution in [2.45, 2.75) is 68.4 Å². The van der Waals surface area contributed by atoms with Gasteiger partial charge in [-0.1, -0.05) is 12.1 Å². The van der Waals surface area contributed by atoms with Crippen molar-refractivity contribution in [3.8, 4) is 0 Å². The molecule has 3 heterocycles. The summed E-state index contributed by atoms with van der Waals surface area (Å²) >= 11 is 1.56. The van der Waals surface area contributed by atoms with E-state index in [0.29, 0.717) is 31.1 Å². The molecule has 0 aliphatic carbocycles. The third kappa shape index (κ3) is 8.22. The second kappa shape index (κ2) is 13.3. The Morgan fingerprint density at radius 1 is 1.17 bits per heavy atom. The average Bonchev–Trinajstić information content (AvgIpc) is 3.26. The Morgan fingerprint density at radius 2 is 1.86 bits per heavy atom. The molecule has 2 atom stereocenters. The van der Waals surface area contributed by atoms with E-state index in [1.165, 1.54) is 10.5 Å². The van der Waals surface area contributed by atoms with E-state index in [4.69, 9.17) is 4.74 Å². The fraction of sp³-hybridized carbons (Fsp3) is 0.552. The minimum absolute atomic E-state index is 0.139. The molecule has 230 valence electrons. The van der Waals surface area contributed by atoms with Crippen LogP contribution in [0.2, 0.25) is 0 Å². The van der Waals surface area contributed by atoms with Crippen LogP contribution >= 0.6 is 11.8 Å². The van der Waals surface area contributed by atoms with E-state index in [-0.39, 0.29) is 17.5 Å². The molecule has 0 unspecified atom stereocenters. The maximum Gasteiger partial charge on any atom is 0.323 e. The highest BCUT2D eigenvalue weighted by Gasteiger charge is 2.47. The van der Waals surface area contributed by atoms with Crippen molar-refractivity contribution in [3.63, 3.8) is 0 Å². The quantitative estimate of drug-likeness (QED) is 0.363. The van der Waals surface area contributed by atoms with E-state index in [2.05, 4.69) is 20.9 Å². The number of pyridine rings is 1. The summed E-state index contributed by atoms with van der Waals surface area (Å²) in [6.45, 7) is 12.6. The maximum absolute atomic E-state index is 13.5. The fourth-order valence-corrected chi connectivity index (χ4v) is 8.09. The lowest BCUT2D eigenvalue weighted by atomic mass is 10.0. The first-order valence-electron chi connectivity index (χ1n) is 14.1. The van der Waals surface area contributed by atoms with Gasteiger partial charge in [0.05, 0.1) is 11.9 Å². The molecule has 0 saturated carbocycles. The highest BCUT2D eigenvalue weighted by Crippen LogP contribution is 2.41. The second-order valence-electron chi connectivity index (χ2n) is 12.0. The summed E-state index contributed by atoms with van der Waals surface area (Å²) < 4.78 is 33.9. The fourth-order valence-electron chi connectivity index (χ4n) is 4.88. The lowest BCUT2D eigenvalue weighted by Crippen LogP contribution is -2.53. The molecule has 2 saturated heterocycles. The van der Waals surface area contributed by atoms with E-state index < -0.39 is 38.4 Å². The number of esters is 1. The van der Waals surface area contributed by atoms with Crippen LogP contribution < -0.4 is 16.0 Å². The Hall–Kier alpha value is -2.71. The molecule has 4 rings (SSSR count). The van der Waals surface area contributed by atoms with Crippen LogP contribution in [0.3, 0.4) is 0 Å². The molecule has 2 aliphatic rings. The number of anilines is 1. The molecule has 0 radical (unpaired) electrons. The monoisotopic (exact) mass is 618 g/mol. The summed E-state index contributed by atoms with van der Waals surface area (Å²) in [5.74, 6) is -0.113. The Labute approximate surface area is 253 Å². The zero-order valence-corrected chi connectivity index (χ0v) is 26.6. The summed E-state index contributed by atoms with van der Waals surface area (Å²) in [7, 11) is -3.79. The van der Waals surface area contributed by atoms with Gasteiger partial charge in [0.1, 0.15) is 16.5 Å². The zero-order valence-electron chi connectivity index (χ0n) is 24.9. The standard InChI is InChI=1S/C29H42N6O5S2/c1-28(2,3)40-26(36)24(17-21-8-10-22(11-9-21)33-27(37)34-15-13-30-14-16-34)32-19-25-29(4,5)41-20-35(25)42(38,39)23-7-6-12-31-18-23/h6-12,18,24-25,30,32H,13-17,19-20H2,1-5H3,(H,33,37)/t24-,25+/m0/s1. The van der Waals surface area contributed by atoms with Gasteiger partial charge in [-0.25, -0.2) is 13.2 Å². The minimum atomic E-state index is -3.79. The number of sulfonamides is 1. The smallest absolute Gasteiger partial charge is 0.323 e. The molecule has 42 heavy (non-hydrogen) atoms. The van der Waals surface area contributed by atoms with Gasteiger partial charge in [-0.05, 0) is 70.9 Å². The van der Waals surface area contributed by atoms with Gasteiger partial charge in [0.2, 0.25) is 10.0 Å². The van der Waals surface area contributed by atoms with Crippen LogP contribution in [0.25, 0.3) is 0 Å². The van der Waals surface area contributed by atoms with Gasteiger partial charge in [0, 0.05) is 55.6 Å². The number of urea groups is 1. The van der Waals surface area contributed by atoms with Crippen LogP contribution in [0.4, 0.5) is 10.5 Å². The molecule has 1 aromatic heterocycles. The van der Waals surface area contributed by atoms with Crippen molar-refractivity contribution in [3.05, 3.63) is 54.4 Å². The molecule has 3 N–H and O–H groups in total. The van der Waals surface area contributed by atoms with Crippen LogP contribution in [-0.4, -0.2) is 95.6 Å². The number of hydrogen-bond acceptors (Lipinski definition) is 9. The largest absolute Gasteiger partial charge is 0.459 e. The highest BCUT2D eigenvalue weighted by molar-refractivity contribution is 8.02. The topological polar surface area (TPSA) is 133 Å². The molecule has 2 aromatic rings. The van der Waals surface area contributed by atoms with E-state index in [1.54, 1.807) is 35.0 Å². The molecule has 2 aliphatic heterocycles. The van der Waals surface area contributed by atoms with Crippen molar-refractivity contribution < 1.29 is 22.7 Å². The van der Waals surface area contributed by atoms with Crippen molar-refractivity contribution in [2.24, 2.45) is 0 Å². The van der Waals surface area contributed by atoms with Gasteiger partial charge in [-0.2, -0.15) is 4.31 Å². The molecule has 2 amide bonds. The molecule has 1 aromatic carbocycles. The normalized spacial score (nSPS) is 20.2. The van der Waals surface area contributed by atoms with Crippen LogP contribution in [0, 0.1) is 0 Å². The number of carbonyl (C=O) groups excluding carboxylic acids is 2. The number of benzene rings is 1. The Kier molecular flexibility index (Phi) is 10.2. The molecule has 2 fully saturated rings. The molecule has 11 nitrogen and oxygen atoms in total. The third-order valence-corrected chi connectivity index (χ3v) is 10.7. The van der Waals surface area contributed by atoms with Crippen molar-refractivity contribution in [1.29, 1.82) is 0 Å². The van der Waals surface area contributed by atoms with Crippen molar-refractivity contribution in [1.82, 2.24) is 24.8 Å². The third-order valence-electron chi connectivity index (χ3n) is 7.25. The van der Waals surface area contributed by atoms with Crippen LogP contribution in [0.15, 0.2) is 53.7 Å². The highest BCUT2D eigenvalue weighted by atomic mass is 32.2. The van der Waals surface area contributed by atoms with Gasteiger partial charge >= 0.3 is 12.0 Å². The molecular formula is C29H42N6O5S2. The van der Waals surface area contributed by atoms with E-state index in [9.17, 15) is 18.0 Å². The molecule has 13 heteroatoms. The van der Waals surface area contributed by atoms with Gasteiger partial charge < -0.3 is 25.6 Å². The SMILES string of the molecule is CC(C)(C)OC(=O)[C@H](Cc1ccc(NC(=O)N2CCNCC2)cc1)NC[C@H]1N(S(=O)(=O)c2cccnc2)CSC1(C)C. The lowest BCUT2D eigenvalue weighted by molar-refractivity contribution is -0.157. The number of piperazine rings is 1. The Balaban J connectivity index is 1.48. The van der Waals surface area contributed by atoms with E-state index in [0.717, 1.165) is 18.7 Å². The first-order valence-corrected chi connectivity index (χ1v) is 16.6. The van der Waals surface area contributed by atoms with E-state index >= 15 is 0 Å². The first-order chi connectivity index (χ1) is 19.8. The summed E-state index contributed by atoms with van der Waals surface area (Å²) in [6, 6.07) is 9.27.